The maximum Gasteiger partial charge on any atom is 0.433 e. The lowest BCUT2D eigenvalue weighted by molar-refractivity contribution is -0.141. The average Bonchev–Trinajstić information content (AvgIpc) is 3.68. The summed E-state index contributed by atoms with van der Waals surface area (Å²) in [6, 6.07) is 3.97. The second-order valence-electron chi connectivity index (χ2n) is 13.7. The molecule has 4 aromatic rings. The first-order valence-electron chi connectivity index (χ1n) is 17.1. The molecule has 0 spiro atoms. The van der Waals surface area contributed by atoms with E-state index in [1.54, 1.807) is 38.4 Å². The highest BCUT2D eigenvalue weighted by Crippen LogP contribution is 2.37. The fourth-order valence-electron chi connectivity index (χ4n) is 6.30. The Bertz CT molecular complexity index is 2150. The van der Waals surface area contributed by atoms with Crippen molar-refractivity contribution in [2.24, 2.45) is 5.41 Å². The molecule has 0 saturated carbocycles. The number of carbonyl (C=O) groups is 4. The number of benzene rings is 1. The van der Waals surface area contributed by atoms with Crippen molar-refractivity contribution in [1.82, 2.24) is 34.9 Å². The molecule has 18 heteroatoms. The molecule has 1 fully saturated rings. The number of halogens is 5. The highest BCUT2D eigenvalue weighted by molar-refractivity contribution is 6.07. The molecule has 0 aliphatic carbocycles. The smallest absolute Gasteiger partial charge is 0.377 e. The normalized spacial score (nSPS) is 17.3. The van der Waals surface area contributed by atoms with Crippen molar-refractivity contribution < 1.29 is 45.9 Å². The summed E-state index contributed by atoms with van der Waals surface area (Å²) in [5, 5.41) is 9.42. The number of aromatic nitrogens is 5. The van der Waals surface area contributed by atoms with Gasteiger partial charge in [-0.2, -0.15) is 27.1 Å². The number of likely N-dealkylation sites (tertiary alicyclic amines) is 1. The second-order valence-corrected chi connectivity index (χ2v) is 13.7. The number of nitrogens with zero attached hydrogens (tertiary/aromatic N) is 6. The number of Topliss-reactive ketones (excluding diaryl/α,β-unsaturated/α-hetero) is 1. The number of anilines is 1. The zero-order chi connectivity index (χ0) is 40.5. The number of alkyl halides is 5. The fraction of sp³-hybridized carbons (Fsp3) is 0.405. The summed E-state index contributed by atoms with van der Waals surface area (Å²) in [5.74, 6) is -7.57. The lowest BCUT2D eigenvalue weighted by Crippen LogP contribution is -2.46. The van der Waals surface area contributed by atoms with Crippen molar-refractivity contribution in [2.45, 2.75) is 72.3 Å². The summed E-state index contributed by atoms with van der Waals surface area (Å²) in [7, 11) is 0. The van der Waals surface area contributed by atoms with Gasteiger partial charge in [-0.1, -0.05) is 19.6 Å². The molecule has 2 atom stereocenters. The van der Waals surface area contributed by atoms with Crippen LogP contribution in [0.3, 0.4) is 0 Å². The molecule has 1 aliphatic heterocycles. The van der Waals surface area contributed by atoms with E-state index in [1.807, 2.05) is 6.92 Å². The highest BCUT2D eigenvalue weighted by atomic mass is 19.4. The quantitative estimate of drug-likeness (QED) is 0.102. The number of ether oxygens (including phenoxy) is 1. The van der Waals surface area contributed by atoms with Crippen molar-refractivity contribution in [3.8, 4) is 11.4 Å². The number of amides is 3. The number of hydrogen-bond acceptors (Lipinski definition) is 9. The minimum atomic E-state index is -4.81. The number of ketones is 1. The Hall–Kier alpha value is -5.65. The fourth-order valence-corrected chi connectivity index (χ4v) is 6.30. The van der Waals surface area contributed by atoms with E-state index < -0.39 is 71.7 Å². The largest absolute Gasteiger partial charge is 0.433 e. The molecule has 3 aromatic heterocycles. The lowest BCUT2D eigenvalue weighted by atomic mass is 9.87. The van der Waals surface area contributed by atoms with E-state index in [2.05, 4.69) is 37.3 Å². The number of rotatable bonds is 13. The van der Waals surface area contributed by atoms with Crippen LogP contribution in [0.25, 0.3) is 22.3 Å². The van der Waals surface area contributed by atoms with Gasteiger partial charge in [-0.15, -0.1) is 0 Å². The molecule has 0 bridgehead atoms. The Morgan fingerprint density at radius 2 is 1.78 bits per heavy atom. The highest BCUT2D eigenvalue weighted by Gasteiger charge is 2.47. The van der Waals surface area contributed by atoms with Gasteiger partial charge in [0, 0.05) is 60.9 Å². The molecule has 0 unspecified atom stereocenters. The molecule has 1 saturated heterocycles. The predicted octanol–water partition coefficient (Wildman–Crippen LogP) is 5.45. The zero-order valence-electron chi connectivity index (χ0n) is 30.7. The number of pyridine rings is 1. The van der Waals surface area contributed by atoms with Gasteiger partial charge in [0.25, 0.3) is 5.91 Å². The molecular weight excluding hydrogens is 731 g/mol. The lowest BCUT2D eigenvalue weighted by Gasteiger charge is -2.26. The second kappa shape index (κ2) is 15.6. The van der Waals surface area contributed by atoms with E-state index in [4.69, 9.17) is 4.74 Å². The third-order valence-corrected chi connectivity index (χ3v) is 9.14. The number of nitrogens with one attached hydrogen (secondary N) is 2. The Morgan fingerprint density at radius 3 is 2.40 bits per heavy atom. The number of hydrogen-bond donors (Lipinski definition) is 2. The number of carbonyl (C=O) groups excluding carboxylic acids is 4. The van der Waals surface area contributed by atoms with Crippen molar-refractivity contribution >= 4 is 40.2 Å². The van der Waals surface area contributed by atoms with E-state index in [9.17, 15) is 41.1 Å². The predicted molar refractivity (Wildman–Crippen MR) is 190 cm³/mol. The van der Waals surface area contributed by atoms with Gasteiger partial charge in [-0.05, 0) is 62.6 Å². The van der Waals surface area contributed by atoms with E-state index >= 15 is 0 Å². The molecule has 3 amide bonds. The summed E-state index contributed by atoms with van der Waals surface area (Å²) in [5.41, 5.74) is 0.139. The summed E-state index contributed by atoms with van der Waals surface area (Å²) in [6.07, 6.45) is -1.54. The third-order valence-electron chi connectivity index (χ3n) is 9.14. The first-order valence-corrected chi connectivity index (χ1v) is 17.1. The summed E-state index contributed by atoms with van der Waals surface area (Å²) in [4.78, 5) is 66.8. The van der Waals surface area contributed by atoms with E-state index in [1.165, 1.54) is 18.5 Å². The van der Waals surface area contributed by atoms with Gasteiger partial charge < -0.3 is 20.3 Å². The average molecular weight is 771 g/mol. The molecule has 1 aliphatic rings. The van der Waals surface area contributed by atoms with Crippen molar-refractivity contribution in [2.75, 3.05) is 25.0 Å². The maximum absolute atomic E-state index is 14.3. The molecule has 0 radical (unpaired) electrons. The molecular formula is C37H39F5N8O5. The maximum atomic E-state index is 14.3. The van der Waals surface area contributed by atoms with Crippen LogP contribution >= 0.6 is 0 Å². The molecule has 1 aromatic carbocycles. The molecule has 55 heavy (non-hydrogen) atoms. The number of fused-ring (bicyclic) bond motifs is 1. The van der Waals surface area contributed by atoms with Crippen LogP contribution in [0.1, 0.15) is 60.1 Å². The van der Waals surface area contributed by atoms with Crippen LogP contribution < -0.4 is 10.6 Å². The van der Waals surface area contributed by atoms with Gasteiger partial charge in [-0.25, -0.2) is 15.0 Å². The van der Waals surface area contributed by atoms with E-state index in [-0.39, 0.29) is 36.9 Å². The molecule has 13 nitrogen and oxygen atoms in total. The van der Waals surface area contributed by atoms with Crippen molar-refractivity contribution in [3.63, 3.8) is 0 Å². The Balaban J connectivity index is 1.54. The van der Waals surface area contributed by atoms with Crippen LogP contribution in [0.4, 0.5) is 27.8 Å². The molecule has 292 valence electrons. The van der Waals surface area contributed by atoms with Crippen LogP contribution in [-0.4, -0.2) is 84.8 Å². The Labute approximate surface area is 312 Å². The van der Waals surface area contributed by atoms with Crippen LogP contribution in [0.2, 0.25) is 0 Å². The summed E-state index contributed by atoms with van der Waals surface area (Å²) >= 11 is 0. The van der Waals surface area contributed by atoms with Gasteiger partial charge in [0.1, 0.15) is 29.8 Å². The van der Waals surface area contributed by atoms with Crippen LogP contribution in [-0.2, 0) is 38.4 Å². The van der Waals surface area contributed by atoms with Crippen LogP contribution in [0, 0.1) is 19.3 Å². The van der Waals surface area contributed by atoms with Gasteiger partial charge >= 0.3 is 12.1 Å². The van der Waals surface area contributed by atoms with Gasteiger partial charge in [0.15, 0.2) is 11.6 Å². The standard InChI is InChI=1S/C37H39F5N8O5/c1-7-36(38,39)34(54)45-18-35(6)13-26(33(53)47-31-21(4)9-10-27(46-31)37(40,41)42)49(19-35)28(52)16-50-30-24(17-55-8-2)11-23(32-43-14-20(3)15-44-32)12-25(30)29(48-50)22(5)51/h7,9-12,14-15,26H,1,8,13,16-19H2,2-6H3,(H,45,54)(H,46,47,53)/t26-,35-/m0/s1. The van der Waals surface area contributed by atoms with Crippen molar-refractivity contribution in [3.05, 3.63) is 77.4 Å². The minimum Gasteiger partial charge on any atom is -0.377 e. The third kappa shape index (κ3) is 8.85. The number of aryl methyl sites for hydroxylation is 2. The summed E-state index contributed by atoms with van der Waals surface area (Å²) < 4.78 is 75.6. The SMILES string of the molecule is C=CC(F)(F)C(=O)NC[C@]1(C)C[C@@H](C(=O)Nc2nc(C(F)(F)F)ccc2C)N(C(=O)Cn2nc(C(C)=O)c3cc(-c4ncc(C)cn4)cc(COCC)c32)C1. The van der Waals surface area contributed by atoms with Gasteiger partial charge in [0.2, 0.25) is 11.8 Å². The molecule has 5 rings (SSSR count). The molecule has 2 N–H and O–H groups in total. The van der Waals surface area contributed by atoms with Gasteiger partial charge in [0.05, 0.1) is 12.1 Å². The monoisotopic (exact) mass is 770 g/mol. The topological polar surface area (TPSA) is 161 Å². The minimum absolute atomic E-state index is 0.0343. The van der Waals surface area contributed by atoms with Crippen molar-refractivity contribution in [1.29, 1.82) is 0 Å². The zero-order valence-corrected chi connectivity index (χ0v) is 30.7. The van der Waals surface area contributed by atoms with Crippen LogP contribution in [0.5, 0.6) is 0 Å². The Kier molecular flexibility index (Phi) is 11.5. The van der Waals surface area contributed by atoms with E-state index in [0.29, 0.717) is 34.5 Å². The molecule has 4 heterocycles. The first-order chi connectivity index (χ1) is 25.8. The summed E-state index contributed by atoms with van der Waals surface area (Å²) in [6.45, 7) is 10.1. The van der Waals surface area contributed by atoms with Crippen LogP contribution in [0.15, 0.2) is 49.3 Å². The Morgan fingerprint density at radius 1 is 1.09 bits per heavy atom. The van der Waals surface area contributed by atoms with E-state index in [0.717, 1.165) is 22.6 Å². The first kappa shape index (κ1) is 40.5. The van der Waals surface area contributed by atoms with Gasteiger partial charge in [-0.3, -0.25) is 23.9 Å².